The molecule has 1 aromatic carbocycles. The molecule has 2 amide bonds. The standard InChI is InChI=1S/C13H15FN2O2/c1-9-13(18)16(7-6-12(17)15-9)8-10-2-4-11(14)5-3-10/h2-5,9H,6-8H2,1H3,(H,15,17). The van der Waals surface area contributed by atoms with E-state index in [-0.39, 0.29) is 17.6 Å². The van der Waals surface area contributed by atoms with Gasteiger partial charge in [0.05, 0.1) is 0 Å². The van der Waals surface area contributed by atoms with Crippen molar-refractivity contribution >= 4 is 11.8 Å². The average molecular weight is 250 g/mol. The van der Waals surface area contributed by atoms with E-state index in [1.807, 2.05) is 0 Å². The van der Waals surface area contributed by atoms with E-state index in [1.165, 1.54) is 12.1 Å². The van der Waals surface area contributed by atoms with Crippen molar-refractivity contribution in [3.63, 3.8) is 0 Å². The quantitative estimate of drug-likeness (QED) is 0.853. The number of halogens is 1. The predicted octanol–water partition coefficient (Wildman–Crippen LogP) is 1.06. The molecule has 1 unspecified atom stereocenters. The number of benzene rings is 1. The van der Waals surface area contributed by atoms with Gasteiger partial charge >= 0.3 is 0 Å². The third-order valence-electron chi connectivity index (χ3n) is 2.96. The SMILES string of the molecule is CC1NC(=O)CCN(Cc2ccc(F)cc2)C1=O. The Bertz CT molecular complexity index is 459. The summed E-state index contributed by atoms with van der Waals surface area (Å²) < 4.78 is 12.8. The van der Waals surface area contributed by atoms with Crippen molar-refractivity contribution in [3.05, 3.63) is 35.6 Å². The minimum atomic E-state index is -0.500. The maximum absolute atomic E-state index is 12.8. The summed E-state index contributed by atoms with van der Waals surface area (Å²) in [4.78, 5) is 25.0. The highest BCUT2D eigenvalue weighted by Gasteiger charge is 2.26. The van der Waals surface area contributed by atoms with Crippen molar-refractivity contribution < 1.29 is 14.0 Å². The van der Waals surface area contributed by atoms with Gasteiger partial charge in [-0.1, -0.05) is 12.1 Å². The van der Waals surface area contributed by atoms with Crippen LogP contribution in [0, 0.1) is 5.82 Å². The van der Waals surface area contributed by atoms with Gasteiger partial charge in [0.2, 0.25) is 11.8 Å². The van der Waals surface area contributed by atoms with Crippen LogP contribution < -0.4 is 5.32 Å². The van der Waals surface area contributed by atoms with Crippen LogP contribution in [0.15, 0.2) is 24.3 Å². The number of nitrogens with one attached hydrogen (secondary N) is 1. The van der Waals surface area contributed by atoms with E-state index in [9.17, 15) is 14.0 Å². The second-order valence-corrected chi connectivity index (χ2v) is 4.43. The van der Waals surface area contributed by atoms with Gasteiger partial charge in [-0.15, -0.1) is 0 Å². The molecule has 0 radical (unpaired) electrons. The van der Waals surface area contributed by atoms with E-state index < -0.39 is 6.04 Å². The first-order valence-electron chi connectivity index (χ1n) is 5.89. The zero-order chi connectivity index (χ0) is 13.1. The first-order valence-corrected chi connectivity index (χ1v) is 5.89. The van der Waals surface area contributed by atoms with Crippen LogP contribution in [0.3, 0.4) is 0 Å². The fraction of sp³-hybridized carbons (Fsp3) is 0.385. The lowest BCUT2D eigenvalue weighted by Gasteiger charge is -2.22. The van der Waals surface area contributed by atoms with Gasteiger partial charge in [-0.25, -0.2) is 4.39 Å². The number of hydrogen-bond acceptors (Lipinski definition) is 2. The molecule has 5 heteroatoms. The van der Waals surface area contributed by atoms with Gasteiger partial charge in [0, 0.05) is 19.5 Å². The average Bonchev–Trinajstić information content (AvgIpc) is 2.46. The zero-order valence-electron chi connectivity index (χ0n) is 10.1. The third-order valence-corrected chi connectivity index (χ3v) is 2.96. The molecule has 1 aliphatic rings. The van der Waals surface area contributed by atoms with Crippen LogP contribution in [0.2, 0.25) is 0 Å². The van der Waals surface area contributed by atoms with Crippen molar-refractivity contribution in [2.75, 3.05) is 6.54 Å². The second-order valence-electron chi connectivity index (χ2n) is 4.43. The summed E-state index contributed by atoms with van der Waals surface area (Å²) in [7, 11) is 0. The molecule has 1 saturated heterocycles. The summed E-state index contributed by atoms with van der Waals surface area (Å²) in [5.74, 6) is -0.520. The van der Waals surface area contributed by atoms with Crippen molar-refractivity contribution in [1.82, 2.24) is 10.2 Å². The highest BCUT2D eigenvalue weighted by molar-refractivity contribution is 5.89. The molecule has 0 saturated carbocycles. The number of rotatable bonds is 2. The summed E-state index contributed by atoms with van der Waals surface area (Å²) in [6, 6.07) is 5.52. The topological polar surface area (TPSA) is 49.4 Å². The Morgan fingerprint density at radius 2 is 2.00 bits per heavy atom. The molecule has 1 aliphatic heterocycles. The van der Waals surface area contributed by atoms with Gasteiger partial charge in [-0.05, 0) is 24.6 Å². The third kappa shape index (κ3) is 2.85. The normalized spacial score (nSPS) is 20.6. The molecule has 0 aromatic heterocycles. The Hall–Kier alpha value is -1.91. The molecular weight excluding hydrogens is 235 g/mol. The monoisotopic (exact) mass is 250 g/mol. The summed E-state index contributed by atoms with van der Waals surface area (Å²) in [6.07, 6.45) is 0.303. The number of hydrogen-bond donors (Lipinski definition) is 1. The van der Waals surface area contributed by atoms with Gasteiger partial charge in [0.1, 0.15) is 11.9 Å². The van der Waals surface area contributed by atoms with Crippen LogP contribution in [-0.4, -0.2) is 29.3 Å². The lowest BCUT2D eigenvalue weighted by Crippen LogP contribution is -2.42. The van der Waals surface area contributed by atoms with E-state index in [0.717, 1.165) is 5.56 Å². The fourth-order valence-electron chi connectivity index (χ4n) is 1.96. The number of carbonyl (C=O) groups excluding carboxylic acids is 2. The summed E-state index contributed by atoms with van der Waals surface area (Å²) in [5, 5.41) is 2.63. The predicted molar refractivity (Wildman–Crippen MR) is 64.0 cm³/mol. The van der Waals surface area contributed by atoms with Gasteiger partial charge in [-0.2, -0.15) is 0 Å². The van der Waals surface area contributed by atoms with Crippen LogP contribution >= 0.6 is 0 Å². The van der Waals surface area contributed by atoms with Crippen molar-refractivity contribution in [2.24, 2.45) is 0 Å². The first-order chi connectivity index (χ1) is 8.56. The highest BCUT2D eigenvalue weighted by atomic mass is 19.1. The van der Waals surface area contributed by atoms with E-state index in [0.29, 0.717) is 19.5 Å². The van der Waals surface area contributed by atoms with Gasteiger partial charge < -0.3 is 10.2 Å². The molecule has 0 spiro atoms. The molecule has 1 atom stereocenters. The number of carbonyl (C=O) groups is 2. The Kier molecular flexibility index (Phi) is 3.60. The molecule has 1 heterocycles. The Balaban J connectivity index is 2.09. The fourth-order valence-corrected chi connectivity index (χ4v) is 1.96. The van der Waals surface area contributed by atoms with Crippen LogP contribution in [0.25, 0.3) is 0 Å². The maximum Gasteiger partial charge on any atom is 0.245 e. The van der Waals surface area contributed by atoms with Crippen LogP contribution in [-0.2, 0) is 16.1 Å². The summed E-state index contributed by atoms with van der Waals surface area (Å²) in [5.41, 5.74) is 0.853. The minimum Gasteiger partial charge on any atom is -0.345 e. The molecule has 0 aliphatic carbocycles. The van der Waals surface area contributed by atoms with Crippen molar-refractivity contribution in [3.8, 4) is 0 Å². The Morgan fingerprint density at radius 1 is 1.33 bits per heavy atom. The molecule has 96 valence electrons. The lowest BCUT2D eigenvalue weighted by molar-refractivity contribution is -0.133. The first kappa shape index (κ1) is 12.5. The van der Waals surface area contributed by atoms with E-state index in [2.05, 4.69) is 5.32 Å². The molecule has 4 nitrogen and oxygen atoms in total. The van der Waals surface area contributed by atoms with Crippen LogP contribution in [0.4, 0.5) is 4.39 Å². The zero-order valence-corrected chi connectivity index (χ0v) is 10.1. The molecule has 2 rings (SSSR count). The summed E-state index contributed by atoms with van der Waals surface area (Å²) >= 11 is 0. The molecular formula is C13H15FN2O2. The Morgan fingerprint density at radius 3 is 2.67 bits per heavy atom. The van der Waals surface area contributed by atoms with Crippen LogP contribution in [0.1, 0.15) is 18.9 Å². The molecule has 1 aromatic rings. The van der Waals surface area contributed by atoms with Gasteiger partial charge in [-0.3, -0.25) is 9.59 Å². The maximum atomic E-state index is 12.8. The highest BCUT2D eigenvalue weighted by Crippen LogP contribution is 2.10. The molecule has 1 N–H and O–H groups in total. The number of nitrogens with zero attached hydrogens (tertiary/aromatic N) is 1. The van der Waals surface area contributed by atoms with Gasteiger partial charge in [0.15, 0.2) is 0 Å². The van der Waals surface area contributed by atoms with Gasteiger partial charge in [0.25, 0.3) is 0 Å². The van der Waals surface area contributed by atoms with Crippen molar-refractivity contribution in [1.29, 1.82) is 0 Å². The van der Waals surface area contributed by atoms with E-state index in [1.54, 1.807) is 24.0 Å². The molecule has 18 heavy (non-hydrogen) atoms. The minimum absolute atomic E-state index is 0.106. The van der Waals surface area contributed by atoms with Crippen molar-refractivity contribution in [2.45, 2.75) is 25.9 Å². The molecule has 1 fully saturated rings. The van der Waals surface area contributed by atoms with Crippen LogP contribution in [0.5, 0.6) is 0 Å². The number of amides is 2. The smallest absolute Gasteiger partial charge is 0.245 e. The largest absolute Gasteiger partial charge is 0.345 e. The summed E-state index contributed by atoms with van der Waals surface area (Å²) in [6.45, 7) is 2.47. The van der Waals surface area contributed by atoms with E-state index in [4.69, 9.17) is 0 Å². The second kappa shape index (κ2) is 5.16. The molecule has 0 bridgehead atoms. The Labute approximate surface area is 105 Å². The van der Waals surface area contributed by atoms with E-state index >= 15 is 0 Å². The lowest BCUT2D eigenvalue weighted by atomic mass is 10.2.